The fourth-order valence-electron chi connectivity index (χ4n) is 2.06. The number of pyridine rings is 1. The number of halogens is 1. The van der Waals surface area contributed by atoms with Gasteiger partial charge in [0.05, 0.1) is 5.41 Å². The summed E-state index contributed by atoms with van der Waals surface area (Å²) in [4.78, 5) is 15.6. The summed E-state index contributed by atoms with van der Waals surface area (Å²) < 4.78 is 5.28. The molecule has 1 saturated heterocycles. The lowest BCUT2D eigenvalue weighted by molar-refractivity contribution is -0.132. The molecule has 0 saturated carbocycles. The van der Waals surface area contributed by atoms with E-state index in [9.17, 15) is 4.79 Å². The number of hydrogen-bond donors (Lipinski definition) is 2. The maximum absolute atomic E-state index is 11.7. The molecular formula is C12H16ClN3O2. The van der Waals surface area contributed by atoms with Gasteiger partial charge >= 0.3 is 0 Å². The molecule has 1 amide bonds. The summed E-state index contributed by atoms with van der Waals surface area (Å²) in [5, 5.41) is 3.61. The van der Waals surface area contributed by atoms with E-state index >= 15 is 0 Å². The van der Waals surface area contributed by atoms with E-state index in [1.54, 1.807) is 18.3 Å². The maximum atomic E-state index is 11.7. The number of ether oxygens (including phenoxy) is 1. The number of hydrogen-bond acceptors (Lipinski definition) is 4. The number of anilines is 1. The zero-order valence-corrected chi connectivity index (χ0v) is 10.7. The quantitative estimate of drug-likeness (QED) is 0.811. The second kappa shape index (κ2) is 5.54. The third-order valence-electron chi connectivity index (χ3n) is 3.33. The van der Waals surface area contributed by atoms with Crippen LogP contribution in [-0.4, -0.2) is 30.6 Å². The Hall–Kier alpha value is -1.33. The summed E-state index contributed by atoms with van der Waals surface area (Å²) in [7, 11) is 0. The summed E-state index contributed by atoms with van der Waals surface area (Å²) >= 11 is 5.80. The van der Waals surface area contributed by atoms with Crippen LogP contribution in [0.2, 0.25) is 5.15 Å². The Morgan fingerprint density at radius 1 is 1.56 bits per heavy atom. The van der Waals surface area contributed by atoms with Gasteiger partial charge in [0.1, 0.15) is 5.15 Å². The molecule has 0 spiro atoms. The van der Waals surface area contributed by atoms with Gasteiger partial charge in [0.25, 0.3) is 0 Å². The molecular weight excluding hydrogens is 254 g/mol. The predicted octanol–water partition coefficient (Wildman–Crippen LogP) is 1.43. The minimum Gasteiger partial charge on any atom is -0.384 e. The smallest absolute Gasteiger partial charge is 0.225 e. The first-order valence-corrected chi connectivity index (χ1v) is 6.23. The van der Waals surface area contributed by atoms with Gasteiger partial charge < -0.3 is 15.8 Å². The molecule has 1 aromatic rings. The molecule has 98 valence electrons. The van der Waals surface area contributed by atoms with Crippen molar-refractivity contribution in [2.24, 2.45) is 11.1 Å². The second-order valence-electron chi connectivity index (χ2n) is 4.48. The van der Waals surface area contributed by atoms with Crippen LogP contribution in [0.15, 0.2) is 18.3 Å². The molecule has 0 radical (unpaired) electrons. The lowest BCUT2D eigenvalue weighted by Gasteiger charge is -2.34. The third-order valence-corrected chi connectivity index (χ3v) is 3.54. The minimum atomic E-state index is -0.534. The summed E-state index contributed by atoms with van der Waals surface area (Å²) in [6.45, 7) is 1.63. The Kier molecular flexibility index (Phi) is 4.04. The molecule has 0 aromatic carbocycles. The Balaban J connectivity index is 2.04. The van der Waals surface area contributed by atoms with Crippen LogP contribution in [0.1, 0.15) is 12.8 Å². The molecule has 0 unspecified atom stereocenters. The number of primary amides is 1. The van der Waals surface area contributed by atoms with Gasteiger partial charge in [-0.2, -0.15) is 0 Å². The molecule has 3 N–H and O–H groups in total. The Morgan fingerprint density at radius 2 is 2.28 bits per heavy atom. The average molecular weight is 270 g/mol. The fourth-order valence-corrected chi connectivity index (χ4v) is 2.23. The van der Waals surface area contributed by atoms with Gasteiger partial charge in [-0.1, -0.05) is 11.6 Å². The van der Waals surface area contributed by atoms with Crippen molar-refractivity contribution in [2.75, 3.05) is 25.1 Å². The van der Waals surface area contributed by atoms with E-state index in [2.05, 4.69) is 10.3 Å². The zero-order valence-electron chi connectivity index (χ0n) is 9.99. The summed E-state index contributed by atoms with van der Waals surface area (Å²) in [5.74, 6) is -0.279. The molecule has 1 aliphatic heterocycles. The first-order chi connectivity index (χ1) is 8.62. The lowest BCUT2D eigenvalue weighted by Crippen LogP contribution is -2.46. The molecule has 1 fully saturated rings. The van der Waals surface area contributed by atoms with E-state index in [0.29, 0.717) is 37.8 Å². The van der Waals surface area contributed by atoms with Gasteiger partial charge in [-0.05, 0) is 25.0 Å². The van der Waals surface area contributed by atoms with Crippen LogP contribution < -0.4 is 11.1 Å². The number of carbonyl (C=O) groups is 1. The number of nitrogens with one attached hydrogen (secondary N) is 1. The number of rotatable bonds is 4. The first-order valence-electron chi connectivity index (χ1n) is 5.85. The highest BCUT2D eigenvalue weighted by Crippen LogP contribution is 2.30. The number of amides is 1. The van der Waals surface area contributed by atoms with Crippen molar-refractivity contribution in [3.05, 3.63) is 23.5 Å². The highest BCUT2D eigenvalue weighted by molar-refractivity contribution is 6.29. The van der Waals surface area contributed by atoms with Gasteiger partial charge in [-0.3, -0.25) is 4.79 Å². The van der Waals surface area contributed by atoms with Crippen LogP contribution >= 0.6 is 11.6 Å². The van der Waals surface area contributed by atoms with Crippen molar-refractivity contribution in [1.82, 2.24) is 4.98 Å². The van der Waals surface area contributed by atoms with Crippen LogP contribution in [-0.2, 0) is 9.53 Å². The standard InChI is InChI=1S/C12H16ClN3O2/c13-10-7-9(1-4-15-10)16-8-12(11(14)17)2-5-18-6-3-12/h1,4,7H,2-3,5-6,8H2,(H2,14,17)(H,15,16). The third kappa shape index (κ3) is 2.91. The molecule has 0 aliphatic carbocycles. The number of nitrogens with two attached hydrogens (primary N) is 1. The Bertz CT molecular complexity index is 433. The summed E-state index contributed by atoms with van der Waals surface area (Å²) in [6.07, 6.45) is 2.91. The van der Waals surface area contributed by atoms with E-state index in [-0.39, 0.29) is 5.91 Å². The van der Waals surface area contributed by atoms with E-state index < -0.39 is 5.41 Å². The van der Waals surface area contributed by atoms with Crippen molar-refractivity contribution in [3.63, 3.8) is 0 Å². The van der Waals surface area contributed by atoms with Crippen molar-refractivity contribution >= 4 is 23.2 Å². The number of aromatic nitrogens is 1. The normalized spacial score (nSPS) is 18.3. The average Bonchev–Trinajstić information content (AvgIpc) is 2.37. The molecule has 2 heterocycles. The van der Waals surface area contributed by atoms with Crippen LogP contribution in [0.3, 0.4) is 0 Å². The molecule has 0 bridgehead atoms. The van der Waals surface area contributed by atoms with Crippen molar-refractivity contribution in [1.29, 1.82) is 0 Å². The van der Waals surface area contributed by atoms with Gasteiger partial charge in [-0.25, -0.2) is 4.98 Å². The van der Waals surface area contributed by atoms with Crippen LogP contribution in [0, 0.1) is 5.41 Å². The molecule has 1 aliphatic rings. The van der Waals surface area contributed by atoms with Gasteiger partial charge in [0, 0.05) is 31.6 Å². The van der Waals surface area contributed by atoms with Crippen molar-refractivity contribution in [3.8, 4) is 0 Å². The zero-order chi connectivity index (χ0) is 13.0. The van der Waals surface area contributed by atoms with Crippen molar-refractivity contribution < 1.29 is 9.53 Å². The van der Waals surface area contributed by atoms with Crippen LogP contribution in [0.5, 0.6) is 0 Å². The molecule has 2 rings (SSSR count). The maximum Gasteiger partial charge on any atom is 0.225 e. The molecule has 6 heteroatoms. The van der Waals surface area contributed by atoms with E-state index in [4.69, 9.17) is 22.1 Å². The van der Waals surface area contributed by atoms with E-state index in [1.165, 1.54) is 0 Å². The SMILES string of the molecule is NC(=O)C1(CNc2ccnc(Cl)c2)CCOCC1. The topological polar surface area (TPSA) is 77.2 Å². The molecule has 18 heavy (non-hydrogen) atoms. The van der Waals surface area contributed by atoms with Crippen LogP contribution in [0.4, 0.5) is 5.69 Å². The van der Waals surface area contributed by atoms with E-state index in [1.807, 2.05) is 0 Å². The lowest BCUT2D eigenvalue weighted by atomic mass is 9.79. The fraction of sp³-hybridized carbons (Fsp3) is 0.500. The molecule has 5 nitrogen and oxygen atoms in total. The predicted molar refractivity (Wildman–Crippen MR) is 69.4 cm³/mol. The van der Waals surface area contributed by atoms with Gasteiger partial charge in [0.15, 0.2) is 0 Å². The number of carbonyl (C=O) groups excluding carboxylic acids is 1. The minimum absolute atomic E-state index is 0.279. The summed E-state index contributed by atoms with van der Waals surface area (Å²) in [6, 6.07) is 3.52. The highest BCUT2D eigenvalue weighted by atomic mass is 35.5. The Labute approximate surface area is 111 Å². The van der Waals surface area contributed by atoms with E-state index in [0.717, 1.165) is 5.69 Å². The second-order valence-corrected chi connectivity index (χ2v) is 4.86. The molecule has 1 aromatic heterocycles. The molecule has 0 atom stereocenters. The number of nitrogens with zero attached hydrogens (tertiary/aromatic N) is 1. The van der Waals surface area contributed by atoms with Crippen LogP contribution in [0.25, 0.3) is 0 Å². The van der Waals surface area contributed by atoms with Gasteiger partial charge in [-0.15, -0.1) is 0 Å². The van der Waals surface area contributed by atoms with Crippen molar-refractivity contribution in [2.45, 2.75) is 12.8 Å². The largest absolute Gasteiger partial charge is 0.384 e. The van der Waals surface area contributed by atoms with Gasteiger partial charge in [0.2, 0.25) is 5.91 Å². The Morgan fingerprint density at radius 3 is 2.89 bits per heavy atom. The monoisotopic (exact) mass is 269 g/mol. The first kappa shape index (κ1) is 13.1. The summed E-state index contributed by atoms with van der Waals surface area (Å²) in [5.41, 5.74) is 5.82. The highest BCUT2D eigenvalue weighted by Gasteiger charge is 2.38.